The normalized spacial score (nSPS) is 25.2. The molecule has 0 saturated heterocycles. The number of allylic oxidation sites excluding steroid dienone is 1. The zero-order chi connectivity index (χ0) is 28.5. The van der Waals surface area contributed by atoms with Crippen LogP contribution in [0.2, 0.25) is 0 Å². The maximum atomic E-state index is 13.4. The third-order valence-electron chi connectivity index (χ3n) is 8.77. The number of hydrogen-bond donors (Lipinski definition) is 0. The standard InChI is InChI=1S/C31H43F7O/c1-2-3-4-5-6-7-23-10-16-26(17-11-23)27-18-12-24(13-19-27)8-9-25-14-20-28(21-15-25)39-22-29(32,33)30(34,35)31(36,37)38/h8-9,14-15,20-21,23-24,26-27H,2-7,10-13,16-19,22H2,1H3/t23-,24-,26-,27-. The fourth-order valence-corrected chi connectivity index (χ4v) is 6.19. The second kappa shape index (κ2) is 14.2. The molecule has 2 aliphatic rings. The zero-order valence-electron chi connectivity index (χ0n) is 22.9. The Morgan fingerprint density at radius 2 is 1.31 bits per heavy atom. The van der Waals surface area contributed by atoms with E-state index in [-0.39, 0.29) is 5.75 Å². The zero-order valence-corrected chi connectivity index (χ0v) is 22.9. The summed E-state index contributed by atoms with van der Waals surface area (Å²) < 4.78 is 94.2. The first kappa shape index (κ1) is 31.8. The first-order valence-corrected chi connectivity index (χ1v) is 14.7. The van der Waals surface area contributed by atoms with E-state index in [9.17, 15) is 30.7 Å². The van der Waals surface area contributed by atoms with Crippen molar-refractivity contribution in [3.05, 3.63) is 35.9 Å². The molecular formula is C31H43F7O. The highest BCUT2D eigenvalue weighted by atomic mass is 19.4. The largest absolute Gasteiger partial charge is 0.487 e. The fraction of sp³-hybridized carbons (Fsp3) is 0.742. The van der Waals surface area contributed by atoms with Gasteiger partial charge in [0.15, 0.2) is 6.61 Å². The smallest absolute Gasteiger partial charge is 0.460 e. The highest BCUT2D eigenvalue weighted by molar-refractivity contribution is 5.50. The van der Waals surface area contributed by atoms with E-state index in [0.717, 1.165) is 36.2 Å². The van der Waals surface area contributed by atoms with E-state index in [1.165, 1.54) is 89.2 Å². The molecule has 8 heteroatoms. The summed E-state index contributed by atoms with van der Waals surface area (Å²) in [5.41, 5.74) is 0.782. The second-order valence-corrected chi connectivity index (χ2v) is 11.7. The van der Waals surface area contributed by atoms with Crippen LogP contribution in [0.5, 0.6) is 5.75 Å². The van der Waals surface area contributed by atoms with Crippen molar-refractivity contribution in [2.24, 2.45) is 23.7 Å². The molecular weight excluding hydrogens is 521 g/mol. The molecule has 0 unspecified atom stereocenters. The molecule has 0 heterocycles. The highest BCUT2D eigenvalue weighted by Gasteiger charge is 2.73. The quantitative estimate of drug-likeness (QED) is 0.171. The molecule has 2 saturated carbocycles. The van der Waals surface area contributed by atoms with E-state index in [4.69, 9.17) is 0 Å². The second-order valence-electron chi connectivity index (χ2n) is 11.7. The Morgan fingerprint density at radius 3 is 1.87 bits per heavy atom. The third kappa shape index (κ3) is 9.14. The number of halogens is 7. The molecule has 0 spiro atoms. The summed E-state index contributed by atoms with van der Waals surface area (Å²) in [5.74, 6) is -8.67. The average Bonchev–Trinajstić information content (AvgIpc) is 2.91. The summed E-state index contributed by atoms with van der Waals surface area (Å²) in [4.78, 5) is 0. The molecule has 1 nitrogen and oxygen atoms in total. The van der Waals surface area contributed by atoms with Crippen molar-refractivity contribution < 1.29 is 35.5 Å². The molecule has 0 amide bonds. The van der Waals surface area contributed by atoms with Crippen molar-refractivity contribution in [1.82, 2.24) is 0 Å². The molecule has 2 aliphatic carbocycles. The highest BCUT2D eigenvalue weighted by Crippen LogP contribution is 2.47. The maximum absolute atomic E-state index is 13.4. The Balaban J connectivity index is 1.36. The van der Waals surface area contributed by atoms with E-state index < -0.39 is 24.6 Å². The molecule has 1 aromatic carbocycles. The van der Waals surface area contributed by atoms with Gasteiger partial charge in [0, 0.05) is 0 Å². The van der Waals surface area contributed by atoms with Crippen LogP contribution in [0.15, 0.2) is 30.3 Å². The molecule has 2 fully saturated rings. The van der Waals surface area contributed by atoms with Crippen LogP contribution in [0.1, 0.15) is 102 Å². The number of alkyl halides is 7. The molecule has 0 bridgehead atoms. The van der Waals surface area contributed by atoms with Crippen molar-refractivity contribution >= 4 is 6.08 Å². The average molecular weight is 565 g/mol. The molecule has 222 valence electrons. The van der Waals surface area contributed by atoms with Gasteiger partial charge in [-0.25, -0.2) is 0 Å². The molecule has 0 atom stereocenters. The summed E-state index contributed by atoms with van der Waals surface area (Å²) in [6.45, 7) is 0.184. The van der Waals surface area contributed by atoms with Gasteiger partial charge in [0.05, 0.1) is 0 Å². The SMILES string of the molecule is CCCCCCC[C@H]1CC[C@H]([C@H]2CC[C@H](C=Cc3ccc(OCC(F)(F)C(F)(F)C(F)(F)F)cc3)CC2)CC1. The Labute approximate surface area is 228 Å². The van der Waals surface area contributed by atoms with Gasteiger partial charge in [0.25, 0.3) is 0 Å². The van der Waals surface area contributed by atoms with Crippen LogP contribution in [0.3, 0.4) is 0 Å². The predicted molar refractivity (Wildman–Crippen MR) is 141 cm³/mol. The van der Waals surface area contributed by atoms with E-state index in [0.29, 0.717) is 5.92 Å². The van der Waals surface area contributed by atoms with Crippen molar-refractivity contribution in [1.29, 1.82) is 0 Å². The number of ether oxygens (including phenoxy) is 1. The van der Waals surface area contributed by atoms with Crippen molar-refractivity contribution in [3.63, 3.8) is 0 Å². The summed E-state index contributed by atoms with van der Waals surface area (Å²) in [6.07, 6.45) is 16.2. The van der Waals surface area contributed by atoms with Gasteiger partial charge in [0.1, 0.15) is 5.75 Å². The summed E-state index contributed by atoms with van der Waals surface area (Å²) in [6, 6.07) is 5.72. The van der Waals surface area contributed by atoms with Gasteiger partial charge < -0.3 is 4.74 Å². The Morgan fingerprint density at radius 1 is 0.744 bits per heavy atom. The minimum atomic E-state index is -6.36. The summed E-state index contributed by atoms with van der Waals surface area (Å²) in [7, 11) is 0. The minimum absolute atomic E-state index is 0.198. The van der Waals surface area contributed by atoms with E-state index >= 15 is 0 Å². The van der Waals surface area contributed by atoms with E-state index in [1.54, 1.807) is 12.1 Å². The van der Waals surface area contributed by atoms with Crippen LogP contribution < -0.4 is 4.74 Å². The van der Waals surface area contributed by atoms with Crippen LogP contribution in [-0.2, 0) is 0 Å². The third-order valence-corrected chi connectivity index (χ3v) is 8.77. The van der Waals surface area contributed by atoms with E-state index in [2.05, 4.69) is 17.7 Å². The lowest BCUT2D eigenvalue weighted by molar-refractivity contribution is -0.358. The molecule has 39 heavy (non-hydrogen) atoms. The van der Waals surface area contributed by atoms with Crippen molar-refractivity contribution in [3.8, 4) is 5.75 Å². The number of benzene rings is 1. The van der Waals surface area contributed by atoms with Gasteiger partial charge in [-0.15, -0.1) is 0 Å². The van der Waals surface area contributed by atoms with Gasteiger partial charge in [0.2, 0.25) is 0 Å². The van der Waals surface area contributed by atoms with Crippen LogP contribution in [0, 0.1) is 23.7 Å². The molecule has 0 aromatic heterocycles. The maximum Gasteiger partial charge on any atom is 0.460 e. The van der Waals surface area contributed by atoms with Crippen LogP contribution in [0.25, 0.3) is 6.08 Å². The summed E-state index contributed by atoms with van der Waals surface area (Å²) in [5, 5.41) is 0. The molecule has 3 rings (SSSR count). The number of rotatable bonds is 13. The van der Waals surface area contributed by atoms with Crippen LogP contribution in [0.4, 0.5) is 30.7 Å². The first-order valence-electron chi connectivity index (χ1n) is 14.7. The Bertz CT molecular complexity index is 862. The van der Waals surface area contributed by atoms with Crippen LogP contribution >= 0.6 is 0 Å². The molecule has 0 N–H and O–H groups in total. The lowest BCUT2D eigenvalue weighted by Crippen LogP contribution is -2.54. The lowest BCUT2D eigenvalue weighted by Gasteiger charge is -2.37. The minimum Gasteiger partial charge on any atom is -0.487 e. The van der Waals surface area contributed by atoms with Gasteiger partial charge in [-0.05, 0) is 79.9 Å². The lowest BCUT2D eigenvalue weighted by atomic mass is 9.68. The monoisotopic (exact) mass is 564 g/mol. The van der Waals surface area contributed by atoms with Crippen molar-refractivity contribution in [2.45, 2.75) is 115 Å². The molecule has 0 radical (unpaired) electrons. The predicted octanol–water partition coefficient (Wildman–Crippen LogP) is 10.9. The van der Waals surface area contributed by atoms with Crippen LogP contribution in [-0.4, -0.2) is 24.6 Å². The number of hydrogen-bond acceptors (Lipinski definition) is 1. The van der Waals surface area contributed by atoms with Gasteiger partial charge >= 0.3 is 18.0 Å². The van der Waals surface area contributed by atoms with Crippen molar-refractivity contribution in [2.75, 3.05) is 6.61 Å². The summed E-state index contributed by atoms with van der Waals surface area (Å²) >= 11 is 0. The van der Waals surface area contributed by atoms with Gasteiger partial charge in [-0.1, -0.05) is 82.6 Å². The Hall–Kier alpha value is -1.73. The molecule has 1 aromatic rings. The topological polar surface area (TPSA) is 9.23 Å². The fourth-order valence-electron chi connectivity index (χ4n) is 6.19. The van der Waals surface area contributed by atoms with Gasteiger partial charge in [-0.2, -0.15) is 30.7 Å². The molecule has 0 aliphatic heterocycles. The van der Waals surface area contributed by atoms with E-state index in [1.807, 2.05) is 6.08 Å². The van der Waals surface area contributed by atoms with Gasteiger partial charge in [-0.3, -0.25) is 0 Å². The first-order chi connectivity index (χ1) is 18.4. The Kier molecular flexibility index (Phi) is 11.6. The number of unbranched alkanes of at least 4 members (excludes halogenated alkanes) is 4.